The molecular weight excluding hydrogens is 234 g/mol. The molecule has 1 aliphatic carbocycles. The third kappa shape index (κ3) is 2.08. The number of aromatic nitrogens is 2. The molecule has 1 atom stereocenters. The van der Waals surface area contributed by atoms with Gasteiger partial charge in [-0.15, -0.1) is 0 Å². The van der Waals surface area contributed by atoms with Gasteiger partial charge in [0.2, 0.25) is 0 Å². The Balaban J connectivity index is 1.97. The minimum atomic E-state index is 0.545. The van der Waals surface area contributed by atoms with E-state index in [4.69, 9.17) is 0 Å². The van der Waals surface area contributed by atoms with Gasteiger partial charge in [0.25, 0.3) is 0 Å². The highest BCUT2D eigenvalue weighted by Gasteiger charge is 2.22. The van der Waals surface area contributed by atoms with Crippen LogP contribution in [0.25, 0.3) is 11.1 Å². The van der Waals surface area contributed by atoms with Crippen LogP contribution in [0.15, 0.2) is 24.4 Å². The number of rotatable bonds is 3. The maximum absolute atomic E-state index is 4.33. The summed E-state index contributed by atoms with van der Waals surface area (Å²) in [5.41, 5.74) is 6.73. The molecule has 0 saturated carbocycles. The van der Waals surface area contributed by atoms with Crippen molar-refractivity contribution in [3.63, 3.8) is 0 Å². The van der Waals surface area contributed by atoms with Crippen molar-refractivity contribution in [2.75, 3.05) is 6.54 Å². The van der Waals surface area contributed by atoms with E-state index in [9.17, 15) is 0 Å². The standard InChI is InChI=1S/C16H21N3/c1-4-17-16-8-6-12-9-13(5-7-14(12)16)15-10-18-19(3)11(15)2/h5,7,9-10,16-17H,4,6,8H2,1-3H3. The zero-order valence-electron chi connectivity index (χ0n) is 11.9. The fraction of sp³-hybridized carbons (Fsp3) is 0.438. The highest BCUT2D eigenvalue weighted by Crippen LogP contribution is 2.34. The molecule has 100 valence electrons. The molecule has 1 N–H and O–H groups in total. The van der Waals surface area contributed by atoms with E-state index in [-0.39, 0.29) is 0 Å². The molecule has 1 aliphatic rings. The lowest BCUT2D eigenvalue weighted by Crippen LogP contribution is -2.18. The van der Waals surface area contributed by atoms with E-state index in [0.29, 0.717) is 6.04 Å². The lowest BCUT2D eigenvalue weighted by atomic mass is 10.0. The molecule has 0 fully saturated rings. The fourth-order valence-electron chi connectivity index (χ4n) is 3.03. The van der Waals surface area contributed by atoms with Gasteiger partial charge in [-0.1, -0.05) is 25.1 Å². The smallest absolute Gasteiger partial charge is 0.0571 e. The average molecular weight is 255 g/mol. The van der Waals surface area contributed by atoms with Gasteiger partial charge in [0.1, 0.15) is 0 Å². The number of hydrogen-bond acceptors (Lipinski definition) is 2. The second-order valence-corrected chi connectivity index (χ2v) is 5.33. The topological polar surface area (TPSA) is 29.9 Å². The van der Waals surface area contributed by atoms with Crippen LogP contribution in [0.5, 0.6) is 0 Å². The largest absolute Gasteiger partial charge is 0.310 e. The van der Waals surface area contributed by atoms with Gasteiger partial charge < -0.3 is 5.32 Å². The first-order valence-corrected chi connectivity index (χ1v) is 7.06. The van der Waals surface area contributed by atoms with Crippen LogP contribution in [0.4, 0.5) is 0 Å². The first-order chi connectivity index (χ1) is 9.20. The average Bonchev–Trinajstić information content (AvgIpc) is 2.95. The van der Waals surface area contributed by atoms with Crippen molar-refractivity contribution in [2.45, 2.75) is 32.7 Å². The Labute approximate surface area is 114 Å². The van der Waals surface area contributed by atoms with Crippen LogP contribution in [0.3, 0.4) is 0 Å². The molecule has 1 aromatic heterocycles. The summed E-state index contributed by atoms with van der Waals surface area (Å²) in [5.74, 6) is 0. The van der Waals surface area contributed by atoms with E-state index in [1.165, 1.54) is 40.8 Å². The first-order valence-electron chi connectivity index (χ1n) is 7.06. The monoisotopic (exact) mass is 255 g/mol. The number of nitrogens with zero attached hydrogens (tertiary/aromatic N) is 2. The fourth-order valence-corrected chi connectivity index (χ4v) is 3.03. The SMILES string of the molecule is CCNC1CCc2cc(-c3cnn(C)c3C)ccc21. The molecule has 0 aliphatic heterocycles. The van der Waals surface area contributed by atoms with Crippen molar-refractivity contribution < 1.29 is 0 Å². The summed E-state index contributed by atoms with van der Waals surface area (Å²) in [6, 6.07) is 7.41. The maximum Gasteiger partial charge on any atom is 0.0571 e. The summed E-state index contributed by atoms with van der Waals surface area (Å²) in [6.07, 6.45) is 4.37. The minimum absolute atomic E-state index is 0.545. The van der Waals surface area contributed by atoms with Crippen LogP contribution >= 0.6 is 0 Å². The molecule has 0 bridgehead atoms. The Kier molecular flexibility index (Phi) is 3.15. The van der Waals surface area contributed by atoms with Crippen LogP contribution in [-0.4, -0.2) is 16.3 Å². The summed E-state index contributed by atoms with van der Waals surface area (Å²) < 4.78 is 1.93. The van der Waals surface area contributed by atoms with Crippen molar-refractivity contribution in [3.8, 4) is 11.1 Å². The molecule has 0 spiro atoms. The van der Waals surface area contributed by atoms with Gasteiger partial charge in [0.05, 0.1) is 6.20 Å². The normalized spacial score (nSPS) is 17.7. The predicted octanol–water partition coefficient (Wildman–Crippen LogP) is 2.99. The molecule has 2 aromatic rings. The predicted molar refractivity (Wildman–Crippen MR) is 78.1 cm³/mol. The quantitative estimate of drug-likeness (QED) is 0.913. The molecular formula is C16H21N3. The van der Waals surface area contributed by atoms with E-state index in [0.717, 1.165) is 6.54 Å². The highest BCUT2D eigenvalue weighted by molar-refractivity contribution is 5.67. The molecule has 3 nitrogen and oxygen atoms in total. The molecule has 1 heterocycles. The lowest BCUT2D eigenvalue weighted by Gasteiger charge is -2.12. The Morgan fingerprint density at radius 1 is 1.42 bits per heavy atom. The number of nitrogens with one attached hydrogen (secondary N) is 1. The van der Waals surface area contributed by atoms with Gasteiger partial charge >= 0.3 is 0 Å². The molecule has 3 rings (SSSR count). The van der Waals surface area contributed by atoms with Gasteiger partial charge in [-0.2, -0.15) is 5.10 Å². The zero-order valence-corrected chi connectivity index (χ0v) is 11.9. The molecule has 0 radical (unpaired) electrons. The Hall–Kier alpha value is -1.61. The summed E-state index contributed by atoms with van der Waals surface area (Å²) in [5, 5.41) is 7.89. The van der Waals surface area contributed by atoms with Crippen molar-refractivity contribution in [3.05, 3.63) is 41.2 Å². The lowest BCUT2D eigenvalue weighted by molar-refractivity contribution is 0.549. The Morgan fingerprint density at radius 3 is 2.95 bits per heavy atom. The zero-order chi connectivity index (χ0) is 13.4. The first kappa shape index (κ1) is 12.4. The van der Waals surface area contributed by atoms with Crippen molar-refractivity contribution in [2.24, 2.45) is 7.05 Å². The maximum atomic E-state index is 4.33. The Bertz CT molecular complexity index is 598. The minimum Gasteiger partial charge on any atom is -0.310 e. The molecule has 1 unspecified atom stereocenters. The van der Waals surface area contributed by atoms with Crippen molar-refractivity contribution in [1.29, 1.82) is 0 Å². The van der Waals surface area contributed by atoms with Crippen LogP contribution in [0.2, 0.25) is 0 Å². The summed E-state index contributed by atoms with van der Waals surface area (Å²) in [7, 11) is 1.99. The van der Waals surface area contributed by atoms with Crippen LogP contribution in [-0.2, 0) is 13.5 Å². The number of hydrogen-bond donors (Lipinski definition) is 1. The van der Waals surface area contributed by atoms with Gasteiger partial charge in [0.15, 0.2) is 0 Å². The van der Waals surface area contributed by atoms with Gasteiger partial charge in [-0.25, -0.2) is 0 Å². The van der Waals surface area contributed by atoms with E-state index in [1.54, 1.807) is 0 Å². The highest BCUT2D eigenvalue weighted by atomic mass is 15.3. The summed E-state index contributed by atoms with van der Waals surface area (Å²) in [4.78, 5) is 0. The number of benzene rings is 1. The second kappa shape index (κ2) is 4.82. The summed E-state index contributed by atoms with van der Waals surface area (Å²) in [6.45, 7) is 5.33. The molecule has 19 heavy (non-hydrogen) atoms. The van der Waals surface area contributed by atoms with Gasteiger partial charge in [-0.3, -0.25) is 4.68 Å². The summed E-state index contributed by atoms with van der Waals surface area (Å²) >= 11 is 0. The third-order valence-corrected chi connectivity index (χ3v) is 4.22. The second-order valence-electron chi connectivity index (χ2n) is 5.33. The molecule has 0 saturated heterocycles. The number of aryl methyl sites for hydroxylation is 2. The van der Waals surface area contributed by atoms with Crippen molar-refractivity contribution >= 4 is 0 Å². The molecule has 1 aromatic carbocycles. The molecule has 3 heteroatoms. The van der Waals surface area contributed by atoms with Crippen LogP contribution in [0.1, 0.15) is 36.2 Å². The van der Waals surface area contributed by atoms with E-state index >= 15 is 0 Å². The van der Waals surface area contributed by atoms with Gasteiger partial charge in [-0.05, 0) is 43.0 Å². The third-order valence-electron chi connectivity index (χ3n) is 4.22. The Morgan fingerprint density at radius 2 is 2.26 bits per heavy atom. The molecule has 0 amide bonds. The van der Waals surface area contributed by atoms with Crippen molar-refractivity contribution in [1.82, 2.24) is 15.1 Å². The van der Waals surface area contributed by atoms with E-state index < -0.39 is 0 Å². The van der Waals surface area contributed by atoms with Gasteiger partial charge in [0, 0.05) is 24.3 Å². The number of fused-ring (bicyclic) bond motifs is 1. The van der Waals surface area contributed by atoms with E-state index in [2.05, 4.69) is 42.5 Å². The van der Waals surface area contributed by atoms with Crippen LogP contribution in [0, 0.1) is 6.92 Å². The van der Waals surface area contributed by atoms with E-state index in [1.807, 2.05) is 17.9 Å². The van der Waals surface area contributed by atoms with Crippen LogP contribution < -0.4 is 5.32 Å².